The van der Waals surface area contributed by atoms with Gasteiger partial charge in [-0.2, -0.15) is 0 Å². The first-order chi connectivity index (χ1) is 17.4. The van der Waals surface area contributed by atoms with Gasteiger partial charge in [0.25, 0.3) is 5.91 Å². The lowest BCUT2D eigenvalue weighted by Crippen LogP contribution is -2.37. The zero-order chi connectivity index (χ0) is 25.2. The van der Waals surface area contributed by atoms with E-state index in [1.807, 2.05) is 41.3 Å². The zero-order valence-electron chi connectivity index (χ0n) is 20.9. The van der Waals surface area contributed by atoms with Crippen LogP contribution in [0.15, 0.2) is 72.8 Å². The first-order valence-electron chi connectivity index (χ1n) is 12.3. The normalized spacial score (nSPS) is 15.3. The Morgan fingerprint density at radius 2 is 1.67 bits per heavy atom. The van der Waals surface area contributed by atoms with Crippen molar-refractivity contribution in [2.45, 2.75) is 13.0 Å². The Bertz CT molecular complexity index is 1390. The lowest BCUT2D eigenvalue weighted by atomic mass is 10.0. The van der Waals surface area contributed by atoms with Crippen LogP contribution < -0.4 is 5.32 Å². The van der Waals surface area contributed by atoms with E-state index in [0.29, 0.717) is 18.0 Å². The molecule has 36 heavy (non-hydrogen) atoms. The van der Waals surface area contributed by atoms with Crippen LogP contribution in [0, 0.1) is 5.92 Å². The molecule has 1 atom stereocenters. The van der Waals surface area contributed by atoms with Crippen molar-refractivity contribution in [1.82, 2.24) is 24.7 Å². The molecule has 7 heteroatoms. The highest BCUT2D eigenvalue weighted by molar-refractivity contribution is 5.97. The molecule has 4 aromatic rings. The van der Waals surface area contributed by atoms with Gasteiger partial charge in [0.1, 0.15) is 5.82 Å². The first kappa shape index (κ1) is 23.6. The number of nitrogens with zero attached hydrogens (tertiary/aromatic N) is 4. The van der Waals surface area contributed by atoms with Crippen molar-refractivity contribution in [2.75, 3.05) is 34.2 Å². The maximum atomic E-state index is 12.5. The predicted molar refractivity (Wildman–Crippen MR) is 143 cm³/mol. The molecule has 3 aromatic carbocycles. The molecule has 5 rings (SSSR count). The summed E-state index contributed by atoms with van der Waals surface area (Å²) in [6.07, 6.45) is 0.931. The summed E-state index contributed by atoms with van der Waals surface area (Å²) in [5.41, 5.74) is 5.72. The number of nitrogens with one attached hydrogen (secondary N) is 1. The summed E-state index contributed by atoms with van der Waals surface area (Å²) >= 11 is 0. The third-order valence-electron chi connectivity index (χ3n) is 6.87. The van der Waals surface area contributed by atoms with Crippen molar-refractivity contribution in [2.24, 2.45) is 5.92 Å². The summed E-state index contributed by atoms with van der Waals surface area (Å²) < 4.78 is 2.22. The van der Waals surface area contributed by atoms with E-state index in [0.717, 1.165) is 47.5 Å². The molecule has 1 aliphatic heterocycles. The van der Waals surface area contributed by atoms with Gasteiger partial charge < -0.3 is 19.7 Å². The minimum atomic E-state index is -0.123. The largest absolute Gasteiger partial charge is 0.355 e. The van der Waals surface area contributed by atoms with Crippen LogP contribution in [0.2, 0.25) is 0 Å². The van der Waals surface area contributed by atoms with Crippen molar-refractivity contribution in [1.29, 1.82) is 0 Å². The molecule has 0 aliphatic carbocycles. The Kier molecular flexibility index (Phi) is 6.46. The van der Waals surface area contributed by atoms with Gasteiger partial charge in [-0.05, 0) is 41.7 Å². The lowest BCUT2D eigenvalue weighted by molar-refractivity contribution is 0.0963. The maximum absolute atomic E-state index is 12.5. The second-order valence-electron chi connectivity index (χ2n) is 9.55. The highest BCUT2D eigenvalue weighted by Gasteiger charge is 2.28. The maximum Gasteiger partial charge on any atom is 0.319 e. The van der Waals surface area contributed by atoms with Crippen LogP contribution in [-0.2, 0) is 6.54 Å². The van der Waals surface area contributed by atoms with Gasteiger partial charge in [-0.15, -0.1) is 0 Å². The molecule has 0 bridgehead atoms. The van der Waals surface area contributed by atoms with Crippen LogP contribution in [0.3, 0.4) is 0 Å². The first-order valence-corrected chi connectivity index (χ1v) is 12.3. The van der Waals surface area contributed by atoms with Gasteiger partial charge in [0.2, 0.25) is 0 Å². The smallest absolute Gasteiger partial charge is 0.319 e. The Balaban J connectivity index is 1.52. The molecule has 0 radical (unpaired) electrons. The van der Waals surface area contributed by atoms with Crippen LogP contribution in [0.1, 0.15) is 16.8 Å². The number of hydrogen-bond acceptors (Lipinski definition) is 3. The van der Waals surface area contributed by atoms with Crippen molar-refractivity contribution in [3.8, 4) is 22.5 Å². The van der Waals surface area contributed by atoms with Gasteiger partial charge in [-0.1, -0.05) is 54.6 Å². The van der Waals surface area contributed by atoms with Crippen molar-refractivity contribution >= 4 is 23.0 Å². The second kappa shape index (κ2) is 9.85. The fourth-order valence-electron chi connectivity index (χ4n) is 4.95. The van der Waals surface area contributed by atoms with E-state index >= 15 is 0 Å². The van der Waals surface area contributed by atoms with Gasteiger partial charge in [0.05, 0.1) is 11.0 Å². The molecular weight excluding hydrogens is 450 g/mol. The summed E-state index contributed by atoms with van der Waals surface area (Å²) in [7, 11) is 5.21. The lowest BCUT2D eigenvalue weighted by Gasteiger charge is -2.21. The number of likely N-dealkylation sites (tertiary alicyclic amines) is 1. The van der Waals surface area contributed by atoms with Gasteiger partial charge in [-0.25, -0.2) is 9.78 Å². The number of hydrogen-bond donors (Lipinski definition) is 1. The fourth-order valence-corrected chi connectivity index (χ4v) is 4.95. The molecule has 3 amide bonds. The fraction of sp³-hybridized carbons (Fsp3) is 0.276. The quantitative estimate of drug-likeness (QED) is 0.448. The molecule has 1 saturated heterocycles. The number of rotatable bonds is 5. The highest BCUT2D eigenvalue weighted by Crippen LogP contribution is 2.30. The Morgan fingerprint density at radius 1 is 0.972 bits per heavy atom. The van der Waals surface area contributed by atoms with Gasteiger partial charge >= 0.3 is 6.03 Å². The van der Waals surface area contributed by atoms with Crippen molar-refractivity contribution in [3.63, 3.8) is 0 Å². The minimum absolute atomic E-state index is 0.0478. The number of urea groups is 1. The summed E-state index contributed by atoms with van der Waals surface area (Å²) in [6.45, 7) is 2.18. The van der Waals surface area contributed by atoms with Gasteiger partial charge in [0, 0.05) is 51.9 Å². The number of carbonyl (C=O) groups is 2. The topological polar surface area (TPSA) is 70.5 Å². The third-order valence-corrected chi connectivity index (χ3v) is 6.87. The minimum Gasteiger partial charge on any atom is -0.355 e. The third kappa shape index (κ3) is 4.56. The number of fused-ring (bicyclic) bond motifs is 1. The van der Waals surface area contributed by atoms with E-state index in [1.165, 1.54) is 5.56 Å². The standard InChI is InChI=1S/C29H31N5O2/c1-30-28(35)24-13-14-25-26(17-24)34(19-20-15-16-33(18-20)29(36)32(2)3)27(31-25)23-11-9-22(10-12-23)21-7-5-4-6-8-21/h4-14,17,20H,15-16,18-19H2,1-3H3,(H,30,35). The molecule has 1 aliphatic rings. The van der Waals surface area contributed by atoms with Crippen LogP contribution in [-0.4, -0.2) is 65.5 Å². The number of amides is 3. The molecule has 184 valence electrons. The zero-order valence-corrected chi connectivity index (χ0v) is 20.9. The van der Waals surface area contributed by atoms with Gasteiger partial charge in [0.15, 0.2) is 0 Å². The van der Waals surface area contributed by atoms with Crippen LogP contribution in [0.5, 0.6) is 0 Å². The molecule has 0 saturated carbocycles. The van der Waals surface area contributed by atoms with E-state index in [9.17, 15) is 9.59 Å². The molecule has 1 N–H and O–H groups in total. The molecule has 1 unspecified atom stereocenters. The van der Waals surface area contributed by atoms with Crippen LogP contribution in [0.25, 0.3) is 33.5 Å². The summed E-state index contributed by atoms with van der Waals surface area (Å²) in [6, 6.07) is 24.5. The van der Waals surface area contributed by atoms with E-state index in [-0.39, 0.29) is 11.9 Å². The van der Waals surface area contributed by atoms with Crippen molar-refractivity contribution < 1.29 is 9.59 Å². The average Bonchev–Trinajstić information content (AvgIpc) is 3.53. The SMILES string of the molecule is CNC(=O)c1ccc2nc(-c3ccc(-c4ccccc4)cc3)n(CC3CCN(C(=O)N(C)C)C3)c2c1. The molecule has 1 aromatic heterocycles. The molecule has 2 heterocycles. The number of aromatic nitrogens is 2. The predicted octanol–water partition coefficient (Wildman–Crippen LogP) is 4.73. The summed E-state index contributed by atoms with van der Waals surface area (Å²) in [4.78, 5) is 33.4. The molecular formula is C29H31N5O2. The van der Waals surface area contributed by atoms with Crippen LogP contribution >= 0.6 is 0 Å². The number of imidazole rings is 1. The Morgan fingerprint density at radius 3 is 2.36 bits per heavy atom. The second-order valence-corrected chi connectivity index (χ2v) is 9.55. The summed E-state index contributed by atoms with van der Waals surface area (Å²) in [5, 5.41) is 2.71. The van der Waals surface area contributed by atoms with E-state index in [1.54, 1.807) is 26.0 Å². The average molecular weight is 482 g/mol. The highest BCUT2D eigenvalue weighted by atomic mass is 16.2. The van der Waals surface area contributed by atoms with Crippen LogP contribution in [0.4, 0.5) is 4.79 Å². The Hall–Kier alpha value is -4.13. The Labute approximate surface area is 211 Å². The van der Waals surface area contributed by atoms with Crippen molar-refractivity contribution in [3.05, 3.63) is 78.4 Å². The van der Waals surface area contributed by atoms with E-state index in [4.69, 9.17) is 4.98 Å². The van der Waals surface area contributed by atoms with E-state index in [2.05, 4.69) is 46.3 Å². The van der Waals surface area contributed by atoms with Gasteiger partial charge in [-0.3, -0.25) is 4.79 Å². The number of carbonyl (C=O) groups excluding carboxylic acids is 2. The monoisotopic (exact) mass is 481 g/mol. The molecule has 0 spiro atoms. The molecule has 7 nitrogen and oxygen atoms in total. The molecule has 1 fully saturated rings. The summed E-state index contributed by atoms with van der Waals surface area (Å²) in [5.74, 6) is 1.05. The number of benzene rings is 3. The van der Waals surface area contributed by atoms with E-state index < -0.39 is 0 Å².